The topological polar surface area (TPSA) is 82.2 Å². The molecule has 1 fully saturated rings. The van der Waals surface area contributed by atoms with E-state index in [-0.39, 0.29) is 18.6 Å². The largest absolute Gasteiger partial charge is 0.368 e. The fraction of sp³-hybridized carbons (Fsp3) is 0.353. The molecule has 0 aliphatic carbocycles. The maximum Gasteiger partial charge on any atom is 0.255 e. The first kappa shape index (κ1) is 14.9. The smallest absolute Gasteiger partial charge is 0.255 e. The van der Waals surface area contributed by atoms with Crippen molar-refractivity contribution in [1.82, 2.24) is 20.0 Å². The van der Waals surface area contributed by atoms with Crippen LogP contribution in [0.2, 0.25) is 0 Å². The summed E-state index contributed by atoms with van der Waals surface area (Å²) in [5.41, 5.74) is 1.65. The predicted molar refractivity (Wildman–Crippen MR) is 86.3 cm³/mol. The molecule has 1 saturated heterocycles. The van der Waals surface area contributed by atoms with Crippen LogP contribution in [0.5, 0.6) is 0 Å². The summed E-state index contributed by atoms with van der Waals surface area (Å²) >= 11 is 0. The second kappa shape index (κ2) is 6.09. The normalized spacial score (nSPS) is 17.5. The standard InChI is InChI=1S/C17H18N4O3/c1-21-10-12(11-5-2-3-6-13(11)21)16(22)18-9-15-19-17(24-20-15)14-7-4-8-23-14/h2-3,5-6,10,14H,4,7-9H2,1H3,(H,18,22)/t14-/m1/s1. The van der Waals surface area contributed by atoms with Crippen LogP contribution in [-0.2, 0) is 18.3 Å². The minimum Gasteiger partial charge on any atom is -0.368 e. The average molecular weight is 326 g/mol. The fourth-order valence-electron chi connectivity index (χ4n) is 3.02. The summed E-state index contributed by atoms with van der Waals surface area (Å²) in [4.78, 5) is 16.8. The quantitative estimate of drug-likeness (QED) is 0.796. The summed E-state index contributed by atoms with van der Waals surface area (Å²) in [6.45, 7) is 0.943. The molecule has 1 aliphatic heterocycles. The number of hydrogen-bond donors (Lipinski definition) is 1. The maximum atomic E-state index is 12.5. The first-order chi connectivity index (χ1) is 11.7. The van der Waals surface area contributed by atoms with Gasteiger partial charge in [0.25, 0.3) is 11.8 Å². The third-order valence-corrected chi connectivity index (χ3v) is 4.24. The van der Waals surface area contributed by atoms with Gasteiger partial charge >= 0.3 is 0 Å². The molecule has 1 aliphatic rings. The summed E-state index contributed by atoms with van der Waals surface area (Å²) < 4.78 is 12.7. The molecule has 0 spiro atoms. The van der Waals surface area contributed by atoms with Crippen LogP contribution >= 0.6 is 0 Å². The van der Waals surface area contributed by atoms with Gasteiger partial charge in [-0.15, -0.1) is 0 Å². The van der Waals surface area contributed by atoms with Crippen molar-refractivity contribution in [3.63, 3.8) is 0 Å². The molecule has 124 valence electrons. The molecule has 24 heavy (non-hydrogen) atoms. The number of amides is 1. The van der Waals surface area contributed by atoms with Crippen molar-refractivity contribution in [1.29, 1.82) is 0 Å². The van der Waals surface area contributed by atoms with Gasteiger partial charge in [0.05, 0.1) is 12.1 Å². The van der Waals surface area contributed by atoms with Crippen molar-refractivity contribution in [3.05, 3.63) is 47.7 Å². The van der Waals surface area contributed by atoms with E-state index in [0.717, 1.165) is 30.4 Å². The number of rotatable bonds is 4. The number of aromatic nitrogens is 3. The average Bonchev–Trinajstić information content (AvgIpc) is 3.33. The Labute approximate surface area is 138 Å². The summed E-state index contributed by atoms with van der Waals surface area (Å²) in [7, 11) is 1.92. The van der Waals surface area contributed by atoms with E-state index in [9.17, 15) is 4.79 Å². The summed E-state index contributed by atoms with van der Waals surface area (Å²) in [5.74, 6) is 0.784. The zero-order valence-electron chi connectivity index (χ0n) is 13.4. The molecule has 7 heteroatoms. The van der Waals surface area contributed by atoms with E-state index in [0.29, 0.717) is 17.3 Å². The van der Waals surface area contributed by atoms with Crippen LogP contribution in [-0.4, -0.2) is 27.2 Å². The minimum absolute atomic E-state index is 0.111. The molecule has 0 radical (unpaired) electrons. The van der Waals surface area contributed by atoms with Gasteiger partial charge in [-0.3, -0.25) is 4.79 Å². The number of ether oxygens (including phenoxy) is 1. The van der Waals surface area contributed by atoms with Crippen molar-refractivity contribution in [2.24, 2.45) is 7.05 Å². The van der Waals surface area contributed by atoms with Crippen molar-refractivity contribution >= 4 is 16.8 Å². The number of para-hydroxylation sites is 1. The number of fused-ring (bicyclic) bond motifs is 1. The second-order valence-corrected chi connectivity index (χ2v) is 5.90. The molecule has 0 bridgehead atoms. The number of carbonyl (C=O) groups is 1. The van der Waals surface area contributed by atoms with Crippen LogP contribution in [0.25, 0.3) is 10.9 Å². The Balaban J connectivity index is 1.46. The number of nitrogens with zero attached hydrogens (tertiary/aromatic N) is 3. The molecule has 0 saturated carbocycles. The molecule has 4 rings (SSSR count). The Hall–Kier alpha value is -2.67. The number of aryl methyl sites for hydroxylation is 1. The number of carbonyl (C=O) groups excluding carboxylic acids is 1. The minimum atomic E-state index is -0.157. The first-order valence-electron chi connectivity index (χ1n) is 7.99. The van der Waals surface area contributed by atoms with Gasteiger partial charge in [0.1, 0.15) is 6.10 Å². The molecule has 1 N–H and O–H groups in total. The van der Waals surface area contributed by atoms with Crippen molar-refractivity contribution in [2.45, 2.75) is 25.5 Å². The summed E-state index contributed by atoms with van der Waals surface area (Å²) in [6.07, 6.45) is 3.61. The lowest BCUT2D eigenvalue weighted by molar-refractivity contribution is 0.0835. The van der Waals surface area contributed by atoms with E-state index in [1.54, 1.807) is 0 Å². The molecular formula is C17H18N4O3. The van der Waals surface area contributed by atoms with E-state index in [4.69, 9.17) is 9.26 Å². The number of benzene rings is 1. The first-order valence-corrected chi connectivity index (χ1v) is 7.99. The molecule has 3 aromatic rings. The zero-order chi connectivity index (χ0) is 16.5. The Morgan fingerprint density at radius 2 is 2.29 bits per heavy atom. The van der Waals surface area contributed by atoms with Crippen molar-refractivity contribution < 1.29 is 14.1 Å². The van der Waals surface area contributed by atoms with E-state index >= 15 is 0 Å². The Morgan fingerprint density at radius 3 is 3.12 bits per heavy atom. The van der Waals surface area contributed by atoms with E-state index < -0.39 is 0 Å². The molecule has 1 amide bonds. The Bertz CT molecular complexity index is 877. The highest BCUT2D eigenvalue weighted by atomic mass is 16.5. The fourth-order valence-corrected chi connectivity index (χ4v) is 3.02. The van der Waals surface area contributed by atoms with Gasteiger partial charge in [0.2, 0.25) is 0 Å². The highest BCUT2D eigenvalue weighted by Crippen LogP contribution is 2.27. The summed E-state index contributed by atoms with van der Waals surface area (Å²) in [5, 5.41) is 7.68. The van der Waals surface area contributed by atoms with Crippen LogP contribution in [0, 0.1) is 0 Å². The van der Waals surface area contributed by atoms with Gasteiger partial charge in [0.15, 0.2) is 5.82 Å². The summed E-state index contributed by atoms with van der Waals surface area (Å²) in [6, 6.07) is 7.80. The Morgan fingerprint density at radius 1 is 1.42 bits per heavy atom. The van der Waals surface area contributed by atoms with Crippen LogP contribution in [0.4, 0.5) is 0 Å². The van der Waals surface area contributed by atoms with Gasteiger partial charge in [0, 0.05) is 30.8 Å². The second-order valence-electron chi connectivity index (χ2n) is 5.90. The van der Waals surface area contributed by atoms with Gasteiger partial charge in [-0.1, -0.05) is 23.4 Å². The third kappa shape index (κ3) is 2.67. The predicted octanol–water partition coefficient (Wildman–Crippen LogP) is 2.34. The molecule has 2 aromatic heterocycles. The van der Waals surface area contributed by atoms with Gasteiger partial charge < -0.3 is 19.1 Å². The number of hydrogen-bond acceptors (Lipinski definition) is 5. The van der Waals surface area contributed by atoms with Crippen LogP contribution in [0.3, 0.4) is 0 Å². The Kier molecular flexibility index (Phi) is 3.78. The van der Waals surface area contributed by atoms with Crippen LogP contribution in [0.1, 0.15) is 41.0 Å². The van der Waals surface area contributed by atoms with Gasteiger partial charge in [-0.2, -0.15) is 4.98 Å². The highest BCUT2D eigenvalue weighted by Gasteiger charge is 2.24. The SMILES string of the molecule is Cn1cc(C(=O)NCc2noc([C@H]3CCCO3)n2)c2ccccc21. The van der Waals surface area contributed by atoms with Gasteiger partial charge in [-0.25, -0.2) is 0 Å². The van der Waals surface area contributed by atoms with Crippen molar-refractivity contribution in [2.75, 3.05) is 6.61 Å². The molecule has 0 unspecified atom stereocenters. The molecule has 1 atom stereocenters. The van der Waals surface area contributed by atoms with Crippen LogP contribution < -0.4 is 5.32 Å². The van der Waals surface area contributed by atoms with E-state index in [2.05, 4.69) is 15.5 Å². The molecule has 7 nitrogen and oxygen atoms in total. The zero-order valence-corrected chi connectivity index (χ0v) is 13.4. The molecular weight excluding hydrogens is 308 g/mol. The highest BCUT2D eigenvalue weighted by molar-refractivity contribution is 6.06. The maximum absolute atomic E-state index is 12.5. The molecule has 3 heterocycles. The van der Waals surface area contributed by atoms with E-state index in [1.807, 2.05) is 42.1 Å². The van der Waals surface area contributed by atoms with Crippen LogP contribution in [0.15, 0.2) is 35.0 Å². The van der Waals surface area contributed by atoms with E-state index in [1.165, 1.54) is 0 Å². The lowest BCUT2D eigenvalue weighted by atomic mass is 10.1. The molecule has 1 aromatic carbocycles. The van der Waals surface area contributed by atoms with Crippen molar-refractivity contribution in [3.8, 4) is 0 Å². The lowest BCUT2D eigenvalue weighted by Gasteiger charge is -2.01. The monoisotopic (exact) mass is 326 g/mol. The lowest BCUT2D eigenvalue weighted by Crippen LogP contribution is -2.23. The number of nitrogens with one attached hydrogen (secondary N) is 1. The third-order valence-electron chi connectivity index (χ3n) is 4.24. The van der Waals surface area contributed by atoms with Gasteiger partial charge in [-0.05, 0) is 18.9 Å².